The quantitative estimate of drug-likeness (QED) is 0.587. The van der Waals surface area contributed by atoms with Crippen LogP contribution in [0.4, 0.5) is 0 Å². The van der Waals surface area contributed by atoms with Gasteiger partial charge in [0.15, 0.2) is 11.5 Å². The van der Waals surface area contributed by atoms with Crippen molar-refractivity contribution >= 4 is 10.9 Å². The van der Waals surface area contributed by atoms with Crippen LogP contribution in [0.15, 0.2) is 47.2 Å². The Bertz CT molecular complexity index is 1040. The van der Waals surface area contributed by atoms with Gasteiger partial charge in [0.1, 0.15) is 11.4 Å². The smallest absolute Gasteiger partial charge is 0.264 e. The molecule has 132 valence electrons. The fraction of sp³-hybridized carbons (Fsp3) is 0.158. The van der Waals surface area contributed by atoms with Gasteiger partial charge in [-0.15, -0.1) is 10.2 Å². The van der Waals surface area contributed by atoms with E-state index in [0.29, 0.717) is 17.4 Å². The second-order valence-electron chi connectivity index (χ2n) is 5.60. The van der Waals surface area contributed by atoms with E-state index < -0.39 is 0 Å². The number of fused-ring (bicyclic) bond motifs is 1. The molecule has 1 N–H and O–H groups in total. The van der Waals surface area contributed by atoms with Crippen LogP contribution in [0.2, 0.25) is 0 Å². The third-order valence-corrected chi connectivity index (χ3v) is 4.26. The van der Waals surface area contributed by atoms with Gasteiger partial charge in [0.25, 0.3) is 5.89 Å². The second-order valence-corrected chi connectivity index (χ2v) is 5.60. The molecule has 2 heterocycles. The predicted molar refractivity (Wildman–Crippen MR) is 96.7 cm³/mol. The van der Waals surface area contributed by atoms with E-state index in [2.05, 4.69) is 15.2 Å². The first-order valence-electron chi connectivity index (χ1n) is 7.93. The maximum atomic E-state index is 5.46. The van der Waals surface area contributed by atoms with Crippen molar-refractivity contribution in [3.05, 3.63) is 42.8 Å². The van der Waals surface area contributed by atoms with Gasteiger partial charge in [0.2, 0.25) is 6.39 Å². The minimum Gasteiger partial charge on any atom is -0.497 e. The third kappa shape index (κ3) is 2.54. The topological polar surface area (TPSA) is 82.4 Å². The number of methoxy groups -OCH3 is 3. The molecule has 2 aromatic heterocycles. The molecular formula is C19H17N3O4. The lowest BCUT2D eigenvalue weighted by Gasteiger charge is -2.08. The van der Waals surface area contributed by atoms with Crippen LogP contribution >= 0.6 is 0 Å². The fourth-order valence-corrected chi connectivity index (χ4v) is 3.02. The van der Waals surface area contributed by atoms with E-state index in [0.717, 1.165) is 33.5 Å². The third-order valence-electron chi connectivity index (χ3n) is 4.26. The summed E-state index contributed by atoms with van der Waals surface area (Å²) >= 11 is 0. The molecule has 0 bridgehead atoms. The number of aromatic nitrogens is 3. The lowest BCUT2D eigenvalue weighted by molar-refractivity contribution is 0.356. The van der Waals surface area contributed by atoms with Gasteiger partial charge in [-0.3, -0.25) is 0 Å². The number of hydrogen-bond acceptors (Lipinski definition) is 6. The maximum Gasteiger partial charge on any atom is 0.264 e. The molecule has 0 atom stereocenters. The number of hydrogen-bond donors (Lipinski definition) is 1. The Morgan fingerprint density at radius 1 is 0.923 bits per heavy atom. The number of aromatic amines is 1. The van der Waals surface area contributed by atoms with Gasteiger partial charge in [-0.25, -0.2) is 0 Å². The fourth-order valence-electron chi connectivity index (χ4n) is 3.02. The maximum absolute atomic E-state index is 5.46. The van der Waals surface area contributed by atoms with Gasteiger partial charge in [-0.2, -0.15) is 0 Å². The summed E-state index contributed by atoms with van der Waals surface area (Å²) in [5, 5.41) is 8.80. The van der Waals surface area contributed by atoms with Gasteiger partial charge >= 0.3 is 0 Å². The summed E-state index contributed by atoms with van der Waals surface area (Å²) < 4.78 is 21.6. The van der Waals surface area contributed by atoms with E-state index >= 15 is 0 Å². The Balaban J connectivity index is 2.01. The lowest BCUT2D eigenvalue weighted by Crippen LogP contribution is -1.90. The van der Waals surface area contributed by atoms with Crippen molar-refractivity contribution in [2.24, 2.45) is 0 Å². The van der Waals surface area contributed by atoms with Gasteiger partial charge in [-0.05, 0) is 23.8 Å². The molecule has 2 aromatic carbocycles. The highest BCUT2D eigenvalue weighted by Gasteiger charge is 2.20. The van der Waals surface area contributed by atoms with E-state index in [-0.39, 0.29) is 0 Å². The zero-order valence-electron chi connectivity index (χ0n) is 14.6. The normalized spacial score (nSPS) is 10.9. The van der Waals surface area contributed by atoms with Gasteiger partial charge in [-0.1, -0.05) is 12.1 Å². The first-order chi connectivity index (χ1) is 12.7. The summed E-state index contributed by atoms with van der Waals surface area (Å²) in [6, 6.07) is 11.6. The van der Waals surface area contributed by atoms with Gasteiger partial charge < -0.3 is 23.6 Å². The van der Waals surface area contributed by atoms with Gasteiger partial charge in [0.05, 0.1) is 26.8 Å². The van der Waals surface area contributed by atoms with E-state index in [9.17, 15) is 0 Å². The van der Waals surface area contributed by atoms with E-state index in [1.807, 2.05) is 36.4 Å². The number of nitrogens with one attached hydrogen (secondary N) is 1. The molecule has 0 aliphatic carbocycles. The van der Waals surface area contributed by atoms with Crippen molar-refractivity contribution in [2.75, 3.05) is 21.3 Å². The number of rotatable bonds is 5. The van der Waals surface area contributed by atoms with Crippen molar-refractivity contribution in [1.29, 1.82) is 0 Å². The summed E-state index contributed by atoms with van der Waals surface area (Å²) in [5.41, 5.74) is 3.53. The number of ether oxygens (including phenoxy) is 3. The minimum absolute atomic E-state index is 0.407. The number of benzene rings is 2. The summed E-state index contributed by atoms with van der Waals surface area (Å²) in [6.45, 7) is 0. The molecule has 7 heteroatoms. The minimum atomic E-state index is 0.407. The largest absolute Gasteiger partial charge is 0.497 e. The van der Waals surface area contributed by atoms with Crippen LogP contribution in [0.3, 0.4) is 0 Å². The van der Waals surface area contributed by atoms with Crippen molar-refractivity contribution < 1.29 is 18.6 Å². The molecule has 0 unspecified atom stereocenters. The Hall–Kier alpha value is -3.48. The van der Waals surface area contributed by atoms with Crippen LogP contribution in [0.25, 0.3) is 33.6 Å². The zero-order chi connectivity index (χ0) is 18.1. The average Bonchev–Trinajstić information content (AvgIpc) is 3.34. The SMILES string of the molecule is COc1ccc(-c2c(-c3nnco3)[nH]c3cc(OC)c(OC)cc23)cc1. The standard InChI is InChI=1S/C19H17N3O4/c1-23-12-6-4-11(5-7-12)17-13-8-15(24-2)16(25-3)9-14(13)21-18(17)19-22-20-10-26-19/h4-10,21H,1-3H3. The molecule has 0 radical (unpaired) electrons. The summed E-state index contributed by atoms with van der Waals surface area (Å²) in [4.78, 5) is 3.36. The van der Waals surface area contributed by atoms with Crippen LogP contribution in [-0.4, -0.2) is 36.5 Å². The Kier molecular flexibility index (Phi) is 3.96. The monoisotopic (exact) mass is 351 g/mol. The van der Waals surface area contributed by atoms with E-state index in [1.165, 1.54) is 6.39 Å². The summed E-state index contributed by atoms with van der Waals surface area (Å²) in [5.74, 6) is 2.47. The first kappa shape index (κ1) is 16.0. The van der Waals surface area contributed by atoms with Crippen LogP contribution in [0.5, 0.6) is 17.2 Å². The number of nitrogens with zero attached hydrogens (tertiary/aromatic N) is 2. The van der Waals surface area contributed by atoms with Gasteiger partial charge in [0, 0.05) is 17.0 Å². The van der Waals surface area contributed by atoms with E-state index in [4.69, 9.17) is 18.6 Å². The Morgan fingerprint density at radius 3 is 2.27 bits per heavy atom. The molecule has 26 heavy (non-hydrogen) atoms. The predicted octanol–water partition coefficient (Wildman–Crippen LogP) is 3.91. The molecule has 0 saturated carbocycles. The highest BCUT2D eigenvalue weighted by molar-refractivity contribution is 6.04. The highest BCUT2D eigenvalue weighted by atomic mass is 16.5. The van der Waals surface area contributed by atoms with E-state index in [1.54, 1.807) is 21.3 Å². The highest BCUT2D eigenvalue weighted by Crippen LogP contribution is 2.42. The second kappa shape index (κ2) is 6.44. The van der Waals surface area contributed by atoms with Crippen molar-refractivity contribution in [3.8, 4) is 40.0 Å². The van der Waals surface area contributed by atoms with Crippen LogP contribution in [0.1, 0.15) is 0 Å². The molecule has 7 nitrogen and oxygen atoms in total. The molecule has 4 rings (SSSR count). The lowest BCUT2D eigenvalue weighted by atomic mass is 10.0. The molecular weight excluding hydrogens is 334 g/mol. The van der Waals surface area contributed by atoms with Crippen molar-refractivity contribution in [3.63, 3.8) is 0 Å². The van der Waals surface area contributed by atoms with Crippen LogP contribution in [0, 0.1) is 0 Å². The molecule has 0 amide bonds. The van der Waals surface area contributed by atoms with Crippen molar-refractivity contribution in [2.45, 2.75) is 0 Å². The summed E-state index contributed by atoms with van der Waals surface area (Å²) in [6.07, 6.45) is 1.31. The molecule has 0 fully saturated rings. The van der Waals surface area contributed by atoms with Crippen LogP contribution in [-0.2, 0) is 0 Å². The zero-order valence-corrected chi connectivity index (χ0v) is 14.6. The van der Waals surface area contributed by atoms with Crippen molar-refractivity contribution in [1.82, 2.24) is 15.2 Å². The molecule has 0 aliphatic rings. The number of H-pyrrole nitrogens is 1. The average molecular weight is 351 g/mol. The molecule has 0 spiro atoms. The molecule has 0 saturated heterocycles. The Morgan fingerprint density at radius 2 is 1.65 bits per heavy atom. The first-order valence-corrected chi connectivity index (χ1v) is 7.93. The Labute approximate surface area is 149 Å². The van der Waals surface area contributed by atoms with Crippen LogP contribution < -0.4 is 14.2 Å². The molecule has 4 aromatic rings. The summed E-state index contributed by atoms with van der Waals surface area (Å²) in [7, 11) is 4.86. The molecule has 0 aliphatic heterocycles.